The van der Waals surface area contributed by atoms with Crippen LogP contribution in [0.2, 0.25) is 0 Å². The molecule has 1 aromatic heterocycles. The predicted molar refractivity (Wildman–Crippen MR) is 104 cm³/mol. The van der Waals surface area contributed by atoms with Crippen molar-refractivity contribution in [3.63, 3.8) is 0 Å². The van der Waals surface area contributed by atoms with Crippen LogP contribution in [0.3, 0.4) is 0 Å². The van der Waals surface area contributed by atoms with Crippen LogP contribution in [0.1, 0.15) is 11.3 Å². The molecule has 0 saturated carbocycles. The number of primary sulfonamides is 1. The number of furan rings is 1. The van der Waals surface area contributed by atoms with Gasteiger partial charge in [-0.25, -0.2) is 13.6 Å². The fourth-order valence-electron chi connectivity index (χ4n) is 2.69. The lowest BCUT2D eigenvalue weighted by Crippen LogP contribution is -2.16. The smallest absolute Gasteiger partial charge is 0.238 e. The zero-order chi connectivity index (χ0) is 19.3. The molecule has 3 rings (SSSR count). The maximum absolute atomic E-state index is 11.2. The van der Waals surface area contributed by atoms with Crippen LogP contribution in [0, 0.1) is 0 Å². The summed E-state index contributed by atoms with van der Waals surface area (Å²) in [5, 5.41) is 8.42. The van der Waals surface area contributed by atoms with Crippen LogP contribution in [-0.4, -0.2) is 22.1 Å². The monoisotopic (exact) mass is 386 g/mol. The zero-order valence-corrected chi connectivity index (χ0v) is 15.8. The highest BCUT2D eigenvalue weighted by Crippen LogP contribution is 2.25. The Morgan fingerprint density at radius 1 is 1.07 bits per heavy atom. The second-order valence-corrected chi connectivity index (χ2v) is 7.68. The Hall–Kier alpha value is -2.61. The van der Waals surface area contributed by atoms with Gasteiger partial charge in [0.1, 0.15) is 17.3 Å². The lowest BCUT2D eigenvalue weighted by molar-refractivity contribution is 0.414. The van der Waals surface area contributed by atoms with Gasteiger partial charge in [-0.3, -0.25) is 0 Å². The Balaban J connectivity index is 1.50. The van der Waals surface area contributed by atoms with Crippen LogP contribution in [0.5, 0.6) is 5.75 Å². The molecule has 142 valence electrons. The van der Waals surface area contributed by atoms with E-state index in [1.54, 1.807) is 19.2 Å². The first-order valence-corrected chi connectivity index (χ1v) is 10.1. The van der Waals surface area contributed by atoms with Crippen molar-refractivity contribution < 1.29 is 17.6 Å². The molecule has 0 aliphatic carbocycles. The fourth-order valence-corrected chi connectivity index (χ4v) is 3.21. The van der Waals surface area contributed by atoms with Crippen LogP contribution in [-0.2, 0) is 23.0 Å². The van der Waals surface area contributed by atoms with Crippen LogP contribution in [0.15, 0.2) is 70.0 Å². The molecule has 0 aliphatic heterocycles. The topological polar surface area (TPSA) is 94.6 Å². The van der Waals surface area contributed by atoms with Crippen LogP contribution < -0.4 is 15.2 Å². The number of hydrogen-bond donors (Lipinski definition) is 2. The quantitative estimate of drug-likeness (QED) is 0.581. The Kier molecular flexibility index (Phi) is 5.95. The van der Waals surface area contributed by atoms with Crippen molar-refractivity contribution >= 4 is 10.0 Å². The highest BCUT2D eigenvalue weighted by Gasteiger charge is 2.07. The summed E-state index contributed by atoms with van der Waals surface area (Å²) >= 11 is 0. The van der Waals surface area contributed by atoms with Crippen LogP contribution in [0.4, 0.5) is 0 Å². The Labute approximate surface area is 159 Å². The first kappa shape index (κ1) is 19.2. The molecule has 0 fully saturated rings. The van der Waals surface area contributed by atoms with E-state index in [-0.39, 0.29) is 4.90 Å². The molecule has 0 spiro atoms. The zero-order valence-electron chi connectivity index (χ0n) is 15.0. The second kappa shape index (κ2) is 8.39. The summed E-state index contributed by atoms with van der Waals surface area (Å²) in [5.41, 5.74) is 2.00. The van der Waals surface area contributed by atoms with Gasteiger partial charge in [0.05, 0.1) is 18.6 Å². The van der Waals surface area contributed by atoms with Crippen molar-refractivity contribution in [2.45, 2.75) is 17.9 Å². The third-order valence-corrected chi connectivity index (χ3v) is 5.09. The summed E-state index contributed by atoms with van der Waals surface area (Å²) in [6, 6.07) is 18.2. The van der Waals surface area contributed by atoms with Crippen LogP contribution in [0.25, 0.3) is 11.3 Å². The van der Waals surface area contributed by atoms with Crippen molar-refractivity contribution in [3.8, 4) is 17.1 Å². The summed E-state index contributed by atoms with van der Waals surface area (Å²) in [5.74, 6) is 2.43. The van der Waals surface area contributed by atoms with Gasteiger partial charge in [0, 0.05) is 5.56 Å². The van der Waals surface area contributed by atoms with E-state index in [2.05, 4.69) is 5.32 Å². The van der Waals surface area contributed by atoms with Gasteiger partial charge in [0.15, 0.2) is 0 Å². The van der Waals surface area contributed by atoms with Crippen molar-refractivity contribution in [1.29, 1.82) is 0 Å². The molecular weight excluding hydrogens is 364 g/mol. The Morgan fingerprint density at radius 2 is 1.85 bits per heavy atom. The molecule has 27 heavy (non-hydrogen) atoms. The number of benzene rings is 2. The average molecular weight is 386 g/mol. The molecule has 3 N–H and O–H groups in total. The third kappa shape index (κ3) is 5.19. The van der Waals surface area contributed by atoms with Gasteiger partial charge in [0.2, 0.25) is 10.0 Å². The lowest BCUT2D eigenvalue weighted by atomic mass is 10.1. The number of hydrogen-bond acceptors (Lipinski definition) is 5. The molecular formula is C20H22N2O4S. The number of nitrogens with one attached hydrogen (secondary N) is 1. The van der Waals surface area contributed by atoms with Crippen molar-refractivity contribution in [3.05, 3.63) is 72.0 Å². The van der Waals surface area contributed by atoms with E-state index in [4.69, 9.17) is 14.3 Å². The number of rotatable bonds is 8. The molecule has 0 amide bonds. The molecule has 3 aromatic rings. The maximum atomic E-state index is 11.2. The first-order chi connectivity index (χ1) is 13.0. The van der Waals surface area contributed by atoms with Crippen molar-refractivity contribution in [2.24, 2.45) is 5.14 Å². The minimum atomic E-state index is -3.64. The second-order valence-electron chi connectivity index (χ2n) is 6.11. The van der Waals surface area contributed by atoms with Gasteiger partial charge in [-0.05, 0) is 54.9 Å². The highest BCUT2D eigenvalue weighted by atomic mass is 32.2. The number of sulfonamides is 1. The average Bonchev–Trinajstić information content (AvgIpc) is 3.14. The van der Waals surface area contributed by atoms with E-state index in [9.17, 15) is 8.42 Å². The molecule has 1 heterocycles. The van der Waals surface area contributed by atoms with Gasteiger partial charge in [0.25, 0.3) is 0 Å². The number of methoxy groups -OCH3 is 1. The first-order valence-electron chi connectivity index (χ1n) is 8.51. The number of nitrogens with two attached hydrogens (primary N) is 1. The SMILES string of the molecule is COc1cccc(-c2ccc(CNCCc3ccc(S(N)(=O)=O)cc3)o2)c1. The summed E-state index contributed by atoms with van der Waals surface area (Å²) < 4.78 is 33.6. The summed E-state index contributed by atoms with van der Waals surface area (Å²) in [6.07, 6.45) is 0.772. The fraction of sp³-hybridized carbons (Fsp3) is 0.200. The van der Waals surface area contributed by atoms with Gasteiger partial charge in [-0.1, -0.05) is 24.3 Å². The number of ether oxygens (including phenoxy) is 1. The highest BCUT2D eigenvalue weighted by molar-refractivity contribution is 7.89. The van der Waals surface area contributed by atoms with Crippen molar-refractivity contribution in [1.82, 2.24) is 5.32 Å². The molecule has 0 bridgehead atoms. The van der Waals surface area contributed by atoms with Crippen LogP contribution >= 0.6 is 0 Å². The van der Waals surface area contributed by atoms with E-state index in [1.807, 2.05) is 36.4 Å². The third-order valence-electron chi connectivity index (χ3n) is 4.16. The van der Waals surface area contributed by atoms with Gasteiger partial charge < -0.3 is 14.5 Å². The molecule has 0 saturated heterocycles. The summed E-state index contributed by atoms with van der Waals surface area (Å²) in [7, 11) is -2.00. The Morgan fingerprint density at radius 3 is 2.56 bits per heavy atom. The minimum absolute atomic E-state index is 0.125. The maximum Gasteiger partial charge on any atom is 0.238 e. The van der Waals surface area contributed by atoms with E-state index in [0.717, 1.165) is 41.4 Å². The lowest BCUT2D eigenvalue weighted by Gasteiger charge is -2.05. The normalized spacial score (nSPS) is 11.5. The predicted octanol–water partition coefficient (Wildman–Crippen LogP) is 2.93. The largest absolute Gasteiger partial charge is 0.497 e. The van der Waals surface area contributed by atoms with E-state index in [0.29, 0.717) is 6.54 Å². The standard InChI is InChI=1S/C20H22N2O4S/c1-25-17-4-2-3-16(13-17)20-10-7-18(26-20)14-22-12-11-15-5-8-19(9-6-15)27(21,23)24/h2-10,13,22H,11-12,14H2,1H3,(H2,21,23,24). The summed E-state index contributed by atoms with van der Waals surface area (Å²) in [4.78, 5) is 0.125. The molecule has 0 unspecified atom stereocenters. The van der Waals surface area contributed by atoms with Crippen molar-refractivity contribution in [2.75, 3.05) is 13.7 Å². The molecule has 0 radical (unpaired) electrons. The van der Waals surface area contributed by atoms with Gasteiger partial charge >= 0.3 is 0 Å². The summed E-state index contributed by atoms with van der Waals surface area (Å²) in [6.45, 7) is 1.35. The minimum Gasteiger partial charge on any atom is -0.497 e. The molecule has 6 nitrogen and oxygen atoms in total. The van der Waals surface area contributed by atoms with E-state index < -0.39 is 10.0 Å². The molecule has 0 atom stereocenters. The Bertz CT molecular complexity index is 995. The van der Waals surface area contributed by atoms with E-state index >= 15 is 0 Å². The molecule has 7 heteroatoms. The molecule has 0 aliphatic rings. The molecule has 2 aromatic carbocycles. The van der Waals surface area contributed by atoms with Gasteiger partial charge in [-0.2, -0.15) is 0 Å². The van der Waals surface area contributed by atoms with E-state index in [1.165, 1.54) is 12.1 Å². The van der Waals surface area contributed by atoms with Gasteiger partial charge in [-0.15, -0.1) is 0 Å².